The smallest absolute Gasteiger partial charge is 0.230 e. The average molecular weight is 303 g/mol. The van der Waals surface area contributed by atoms with Crippen LogP contribution < -0.4 is 5.73 Å². The fraction of sp³-hybridized carbons (Fsp3) is 0.0625. The first-order valence-electron chi connectivity index (χ1n) is 6.34. The van der Waals surface area contributed by atoms with Gasteiger partial charge in [0.15, 0.2) is 0 Å². The van der Waals surface area contributed by atoms with Crippen LogP contribution in [0.15, 0.2) is 47.0 Å². The number of nitrogens with two attached hydrogens (primary N) is 1. The van der Waals surface area contributed by atoms with Gasteiger partial charge < -0.3 is 10.3 Å². The van der Waals surface area contributed by atoms with Gasteiger partial charge in [-0.25, -0.2) is 4.39 Å². The lowest BCUT2D eigenvalue weighted by molar-refractivity contribution is 0.439. The van der Waals surface area contributed by atoms with Crippen molar-refractivity contribution in [2.45, 2.75) is 6.92 Å². The molecular weight excluding hydrogens is 291 g/mol. The van der Waals surface area contributed by atoms with E-state index in [0.717, 1.165) is 11.1 Å². The van der Waals surface area contributed by atoms with Gasteiger partial charge in [0.1, 0.15) is 11.5 Å². The minimum atomic E-state index is -0.378. The third kappa shape index (κ3) is 2.50. The molecule has 0 bridgehead atoms. The molecule has 0 amide bonds. The van der Waals surface area contributed by atoms with Crippen LogP contribution in [0.25, 0.3) is 22.4 Å². The van der Waals surface area contributed by atoms with Crippen LogP contribution in [0.3, 0.4) is 0 Å². The Hall–Kier alpha value is -2.33. The molecule has 2 N–H and O–H groups in total. The van der Waals surface area contributed by atoms with Crippen LogP contribution in [0.5, 0.6) is 0 Å². The van der Waals surface area contributed by atoms with E-state index < -0.39 is 0 Å². The average Bonchev–Trinajstić information content (AvgIpc) is 2.83. The second kappa shape index (κ2) is 5.22. The third-order valence-electron chi connectivity index (χ3n) is 3.21. The Labute approximate surface area is 126 Å². The quantitative estimate of drug-likeness (QED) is 0.747. The van der Waals surface area contributed by atoms with Gasteiger partial charge in [0.05, 0.1) is 5.56 Å². The number of nitrogens with zero attached hydrogens (tertiary/aromatic N) is 1. The van der Waals surface area contributed by atoms with E-state index >= 15 is 0 Å². The summed E-state index contributed by atoms with van der Waals surface area (Å²) in [6, 6.07) is 11.9. The lowest BCUT2D eigenvalue weighted by Crippen LogP contribution is -1.91. The largest absolute Gasteiger partial charge is 0.367 e. The molecule has 0 aliphatic rings. The molecule has 0 unspecified atom stereocenters. The Balaban J connectivity index is 2.24. The summed E-state index contributed by atoms with van der Waals surface area (Å²) in [7, 11) is 0. The first kappa shape index (κ1) is 13.6. The molecule has 1 heterocycles. The molecule has 0 aliphatic carbocycles. The van der Waals surface area contributed by atoms with E-state index in [4.69, 9.17) is 21.9 Å². The topological polar surface area (TPSA) is 52.0 Å². The highest BCUT2D eigenvalue weighted by Crippen LogP contribution is 2.38. The van der Waals surface area contributed by atoms with Crippen LogP contribution in [0, 0.1) is 12.7 Å². The second-order valence-electron chi connectivity index (χ2n) is 4.76. The summed E-state index contributed by atoms with van der Waals surface area (Å²) < 4.78 is 19.1. The normalized spacial score (nSPS) is 10.8. The number of hydrogen-bond acceptors (Lipinski definition) is 3. The van der Waals surface area contributed by atoms with Gasteiger partial charge in [-0.1, -0.05) is 40.5 Å². The molecule has 3 aromatic rings. The third-order valence-corrected chi connectivity index (χ3v) is 3.44. The van der Waals surface area contributed by atoms with Gasteiger partial charge in [-0.15, -0.1) is 0 Å². The van der Waals surface area contributed by atoms with Crippen LogP contribution in [0.1, 0.15) is 5.56 Å². The van der Waals surface area contributed by atoms with Gasteiger partial charge in [-0.2, -0.15) is 0 Å². The molecule has 0 saturated heterocycles. The van der Waals surface area contributed by atoms with Gasteiger partial charge in [0.25, 0.3) is 0 Å². The van der Waals surface area contributed by atoms with Crippen LogP contribution in [-0.2, 0) is 0 Å². The van der Waals surface area contributed by atoms with Crippen LogP contribution >= 0.6 is 11.6 Å². The summed E-state index contributed by atoms with van der Waals surface area (Å²) >= 11 is 6.00. The lowest BCUT2D eigenvalue weighted by Gasteiger charge is -2.05. The van der Waals surface area contributed by atoms with Crippen LogP contribution in [0.4, 0.5) is 10.3 Å². The summed E-state index contributed by atoms with van der Waals surface area (Å²) in [6.07, 6.45) is 0. The minimum absolute atomic E-state index is 0.133. The van der Waals surface area contributed by atoms with Gasteiger partial charge in [-0.3, -0.25) is 0 Å². The van der Waals surface area contributed by atoms with Crippen molar-refractivity contribution >= 4 is 17.5 Å². The van der Waals surface area contributed by atoms with Gasteiger partial charge >= 0.3 is 0 Å². The van der Waals surface area contributed by atoms with E-state index in [1.807, 2.05) is 13.0 Å². The summed E-state index contributed by atoms with van der Waals surface area (Å²) in [5.41, 5.74) is 8.78. The molecule has 5 heteroatoms. The van der Waals surface area contributed by atoms with Crippen molar-refractivity contribution in [1.82, 2.24) is 5.16 Å². The Morgan fingerprint density at radius 1 is 1.19 bits per heavy atom. The standard InChI is InChI=1S/C16H12ClFN2O/c1-9-5-6-13(18)12(7-9)15-14(16(19)21-20-15)10-3-2-4-11(17)8-10/h2-8H,19H2,1H3. The number of nitrogen functional groups attached to an aromatic ring is 1. The molecule has 3 rings (SSSR count). The van der Waals surface area contributed by atoms with E-state index in [9.17, 15) is 4.39 Å². The molecule has 0 saturated carbocycles. The predicted octanol–water partition coefficient (Wildman–Crippen LogP) is 4.69. The van der Waals surface area contributed by atoms with Gasteiger partial charge in [-0.05, 0) is 36.8 Å². The van der Waals surface area contributed by atoms with Gasteiger partial charge in [0.2, 0.25) is 5.88 Å². The monoisotopic (exact) mass is 302 g/mol. The first-order valence-corrected chi connectivity index (χ1v) is 6.71. The molecule has 1 aromatic heterocycles. The fourth-order valence-corrected chi connectivity index (χ4v) is 2.42. The summed E-state index contributed by atoms with van der Waals surface area (Å²) in [5, 5.41) is 4.47. The van der Waals surface area contributed by atoms with Crippen molar-refractivity contribution in [1.29, 1.82) is 0 Å². The molecule has 2 aromatic carbocycles. The van der Waals surface area contributed by atoms with E-state index in [-0.39, 0.29) is 11.7 Å². The van der Waals surface area contributed by atoms with Crippen molar-refractivity contribution < 1.29 is 8.91 Å². The SMILES string of the molecule is Cc1ccc(F)c(-c2noc(N)c2-c2cccc(Cl)c2)c1. The fourth-order valence-electron chi connectivity index (χ4n) is 2.23. The van der Waals surface area contributed by atoms with E-state index in [1.165, 1.54) is 6.07 Å². The molecule has 21 heavy (non-hydrogen) atoms. The zero-order valence-corrected chi connectivity index (χ0v) is 12.0. The summed E-state index contributed by atoms with van der Waals surface area (Å²) in [5.74, 6) is -0.245. The number of benzene rings is 2. The number of halogens is 2. The molecule has 0 atom stereocenters. The number of aryl methyl sites for hydroxylation is 1. The van der Waals surface area contributed by atoms with Crippen molar-refractivity contribution in [3.05, 3.63) is 58.9 Å². The van der Waals surface area contributed by atoms with Crippen molar-refractivity contribution in [3.63, 3.8) is 0 Å². The second-order valence-corrected chi connectivity index (χ2v) is 5.20. The molecule has 0 radical (unpaired) electrons. The Morgan fingerprint density at radius 3 is 2.76 bits per heavy atom. The molecule has 0 fully saturated rings. The maximum atomic E-state index is 14.1. The Bertz CT molecular complexity index is 814. The van der Waals surface area contributed by atoms with E-state index in [2.05, 4.69) is 5.16 Å². The number of rotatable bonds is 2. The molecule has 106 valence electrons. The van der Waals surface area contributed by atoms with E-state index in [1.54, 1.807) is 30.3 Å². The molecule has 3 nitrogen and oxygen atoms in total. The predicted molar refractivity (Wildman–Crippen MR) is 81.5 cm³/mol. The Kier molecular flexibility index (Phi) is 3.39. The van der Waals surface area contributed by atoms with Crippen molar-refractivity contribution in [3.8, 4) is 22.4 Å². The van der Waals surface area contributed by atoms with Crippen LogP contribution in [0.2, 0.25) is 5.02 Å². The zero-order valence-electron chi connectivity index (χ0n) is 11.2. The van der Waals surface area contributed by atoms with Crippen LogP contribution in [-0.4, -0.2) is 5.16 Å². The summed E-state index contributed by atoms with van der Waals surface area (Å²) in [4.78, 5) is 0. The highest BCUT2D eigenvalue weighted by Gasteiger charge is 2.20. The summed E-state index contributed by atoms with van der Waals surface area (Å²) in [6.45, 7) is 1.88. The van der Waals surface area contributed by atoms with Crippen molar-refractivity contribution in [2.75, 3.05) is 5.73 Å². The minimum Gasteiger partial charge on any atom is -0.367 e. The maximum Gasteiger partial charge on any atom is 0.230 e. The highest BCUT2D eigenvalue weighted by atomic mass is 35.5. The van der Waals surface area contributed by atoms with Gasteiger partial charge in [0, 0.05) is 10.6 Å². The van der Waals surface area contributed by atoms with E-state index in [0.29, 0.717) is 21.8 Å². The Morgan fingerprint density at radius 2 is 2.00 bits per heavy atom. The molecule has 0 aliphatic heterocycles. The number of hydrogen-bond donors (Lipinski definition) is 1. The number of aromatic nitrogens is 1. The van der Waals surface area contributed by atoms with Crippen molar-refractivity contribution in [2.24, 2.45) is 0 Å². The molecule has 0 spiro atoms. The number of anilines is 1. The first-order chi connectivity index (χ1) is 10.1. The maximum absolute atomic E-state index is 14.1. The zero-order chi connectivity index (χ0) is 15.0. The molecular formula is C16H12ClFN2O. The highest BCUT2D eigenvalue weighted by molar-refractivity contribution is 6.30. The lowest BCUT2D eigenvalue weighted by atomic mass is 9.99.